The molecule has 29 heavy (non-hydrogen) atoms. The fourth-order valence-electron chi connectivity index (χ4n) is 3.36. The Hall–Kier alpha value is -2.18. The van der Waals surface area contributed by atoms with Crippen LogP contribution >= 0.6 is 23.1 Å². The number of aromatic nitrogens is 2. The van der Waals surface area contributed by atoms with Crippen LogP contribution < -0.4 is 0 Å². The molecule has 2 aromatic heterocycles. The van der Waals surface area contributed by atoms with Crippen LogP contribution in [-0.4, -0.2) is 33.9 Å². The molecular weight excluding hydrogens is 398 g/mol. The van der Waals surface area contributed by atoms with Crippen molar-refractivity contribution >= 4 is 29.0 Å². The average molecular weight is 424 g/mol. The van der Waals surface area contributed by atoms with Crippen LogP contribution in [0.1, 0.15) is 54.2 Å². The van der Waals surface area contributed by atoms with Crippen molar-refractivity contribution in [1.82, 2.24) is 14.9 Å². The van der Waals surface area contributed by atoms with E-state index in [2.05, 4.69) is 48.5 Å². The number of carbonyl (C=O) groups excluding carboxylic acids is 1. The number of pyridine rings is 1. The molecule has 4 rings (SSSR count). The first-order valence-corrected chi connectivity index (χ1v) is 11.9. The summed E-state index contributed by atoms with van der Waals surface area (Å²) < 4.78 is 0. The maximum atomic E-state index is 12.4. The van der Waals surface area contributed by atoms with Gasteiger partial charge >= 0.3 is 0 Å². The molecule has 3 heterocycles. The van der Waals surface area contributed by atoms with E-state index < -0.39 is 0 Å². The number of carbonyl (C=O) groups is 1. The Bertz CT molecular complexity index is 959. The van der Waals surface area contributed by atoms with Crippen molar-refractivity contribution in [2.45, 2.75) is 43.4 Å². The summed E-state index contributed by atoms with van der Waals surface area (Å²) in [4.78, 5) is 23.6. The van der Waals surface area contributed by atoms with Crippen LogP contribution in [0, 0.1) is 0 Å². The van der Waals surface area contributed by atoms with Gasteiger partial charge in [0.2, 0.25) is 0 Å². The molecule has 1 amide bonds. The molecule has 1 aromatic carbocycles. The van der Waals surface area contributed by atoms with E-state index in [-0.39, 0.29) is 5.91 Å². The molecule has 0 N–H and O–H groups in total. The third kappa shape index (κ3) is 4.87. The van der Waals surface area contributed by atoms with E-state index in [1.54, 1.807) is 29.3 Å². The maximum absolute atomic E-state index is 12.4. The fourth-order valence-corrected chi connectivity index (χ4v) is 5.03. The summed E-state index contributed by atoms with van der Waals surface area (Å²) in [7, 11) is 0. The number of thiazole rings is 1. The van der Waals surface area contributed by atoms with Crippen molar-refractivity contribution < 1.29 is 4.79 Å². The zero-order valence-electron chi connectivity index (χ0n) is 16.8. The molecule has 6 heteroatoms. The Labute approximate surface area is 180 Å². The number of hydrogen-bond acceptors (Lipinski definition) is 5. The normalized spacial score (nSPS) is 14.0. The van der Waals surface area contributed by atoms with Gasteiger partial charge in [-0.05, 0) is 36.5 Å². The second-order valence-electron chi connectivity index (χ2n) is 7.59. The van der Waals surface area contributed by atoms with Gasteiger partial charge < -0.3 is 4.90 Å². The van der Waals surface area contributed by atoms with Crippen LogP contribution in [0.4, 0.5) is 0 Å². The van der Waals surface area contributed by atoms with Gasteiger partial charge in [-0.1, -0.05) is 38.1 Å². The Morgan fingerprint density at radius 1 is 1.14 bits per heavy atom. The number of likely N-dealkylation sites (tertiary alicyclic amines) is 1. The van der Waals surface area contributed by atoms with E-state index in [9.17, 15) is 4.79 Å². The van der Waals surface area contributed by atoms with Crippen molar-refractivity contribution in [2.24, 2.45) is 0 Å². The number of benzene rings is 1. The number of amides is 1. The molecule has 1 fully saturated rings. The number of nitrogens with zero attached hydrogens (tertiary/aromatic N) is 3. The smallest absolute Gasteiger partial charge is 0.255 e. The SMILES string of the molecule is CC(C)c1ccc(-c2nc(CSc3ccc(C(=O)N4CCCC4)cn3)cs2)cc1. The van der Waals surface area contributed by atoms with Crippen LogP contribution in [0.3, 0.4) is 0 Å². The van der Waals surface area contributed by atoms with E-state index in [4.69, 9.17) is 4.98 Å². The summed E-state index contributed by atoms with van der Waals surface area (Å²) in [5.74, 6) is 1.41. The van der Waals surface area contributed by atoms with Gasteiger partial charge in [0.1, 0.15) is 5.01 Å². The molecule has 0 spiro atoms. The predicted molar refractivity (Wildman–Crippen MR) is 121 cm³/mol. The quantitative estimate of drug-likeness (QED) is 0.466. The molecule has 0 aliphatic carbocycles. The molecule has 0 atom stereocenters. The van der Waals surface area contributed by atoms with Crippen LogP contribution in [0.25, 0.3) is 10.6 Å². The van der Waals surface area contributed by atoms with Gasteiger partial charge in [0.25, 0.3) is 5.91 Å². The van der Waals surface area contributed by atoms with Gasteiger partial charge in [-0.15, -0.1) is 23.1 Å². The lowest BCUT2D eigenvalue weighted by Crippen LogP contribution is -2.27. The molecule has 0 saturated carbocycles. The second kappa shape index (κ2) is 9.09. The first-order chi connectivity index (χ1) is 14.1. The minimum atomic E-state index is 0.0965. The third-order valence-electron chi connectivity index (χ3n) is 5.12. The monoisotopic (exact) mass is 423 g/mol. The lowest BCUT2D eigenvalue weighted by atomic mass is 10.0. The molecule has 4 nitrogen and oxygen atoms in total. The first-order valence-electron chi connectivity index (χ1n) is 10.0. The molecule has 1 saturated heterocycles. The van der Waals surface area contributed by atoms with Gasteiger partial charge in [0, 0.05) is 36.0 Å². The number of rotatable bonds is 6. The van der Waals surface area contributed by atoms with Crippen LogP contribution in [-0.2, 0) is 5.75 Å². The van der Waals surface area contributed by atoms with Crippen molar-refractivity contribution in [3.8, 4) is 10.6 Å². The molecular formula is C23H25N3OS2. The predicted octanol–water partition coefficient (Wildman–Crippen LogP) is 5.86. The Balaban J connectivity index is 1.35. The van der Waals surface area contributed by atoms with E-state index >= 15 is 0 Å². The molecule has 0 unspecified atom stereocenters. The zero-order chi connectivity index (χ0) is 20.2. The van der Waals surface area contributed by atoms with Crippen molar-refractivity contribution in [2.75, 3.05) is 13.1 Å². The van der Waals surface area contributed by atoms with Gasteiger partial charge in [0.05, 0.1) is 16.3 Å². The molecule has 1 aliphatic rings. The van der Waals surface area contributed by atoms with Crippen LogP contribution in [0.2, 0.25) is 0 Å². The highest BCUT2D eigenvalue weighted by Gasteiger charge is 2.19. The first kappa shape index (κ1) is 20.1. The summed E-state index contributed by atoms with van der Waals surface area (Å²) in [6, 6.07) is 12.5. The van der Waals surface area contributed by atoms with Crippen molar-refractivity contribution in [3.05, 3.63) is 64.8 Å². The van der Waals surface area contributed by atoms with Crippen LogP contribution in [0.5, 0.6) is 0 Å². The summed E-state index contributed by atoms with van der Waals surface area (Å²) in [5.41, 5.74) is 4.25. The van der Waals surface area contributed by atoms with Crippen LogP contribution in [0.15, 0.2) is 53.0 Å². The largest absolute Gasteiger partial charge is 0.339 e. The maximum Gasteiger partial charge on any atom is 0.255 e. The van der Waals surface area contributed by atoms with Crippen molar-refractivity contribution in [1.29, 1.82) is 0 Å². The number of thioether (sulfide) groups is 1. The Morgan fingerprint density at radius 3 is 2.55 bits per heavy atom. The molecule has 3 aromatic rings. The summed E-state index contributed by atoms with van der Waals surface area (Å²) >= 11 is 3.33. The Kier molecular flexibility index (Phi) is 6.31. The van der Waals surface area contributed by atoms with E-state index in [0.717, 1.165) is 47.4 Å². The third-order valence-corrected chi connectivity index (χ3v) is 7.04. The van der Waals surface area contributed by atoms with Crippen molar-refractivity contribution in [3.63, 3.8) is 0 Å². The molecule has 150 valence electrons. The standard InChI is InChI=1S/C23H25N3OS2/c1-16(2)17-5-7-18(8-6-17)22-25-20(15-29-22)14-28-21-10-9-19(13-24-21)23(27)26-11-3-4-12-26/h5-10,13,15-16H,3-4,11-12,14H2,1-2H3. The van der Waals surface area contributed by atoms with Gasteiger partial charge in [-0.2, -0.15) is 0 Å². The minimum absolute atomic E-state index is 0.0965. The zero-order valence-corrected chi connectivity index (χ0v) is 18.4. The second-order valence-corrected chi connectivity index (χ2v) is 9.45. The lowest BCUT2D eigenvalue weighted by molar-refractivity contribution is 0.0792. The molecule has 0 bridgehead atoms. The Morgan fingerprint density at radius 2 is 1.90 bits per heavy atom. The highest BCUT2D eigenvalue weighted by Crippen LogP contribution is 2.28. The topological polar surface area (TPSA) is 46.1 Å². The highest BCUT2D eigenvalue weighted by molar-refractivity contribution is 7.98. The fraction of sp³-hybridized carbons (Fsp3) is 0.348. The van der Waals surface area contributed by atoms with E-state index in [1.165, 1.54) is 11.1 Å². The summed E-state index contributed by atoms with van der Waals surface area (Å²) in [5, 5.41) is 4.08. The summed E-state index contributed by atoms with van der Waals surface area (Å²) in [6.07, 6.45) is 3.90. The molecule has 0 radical (unpaired) electrons. The number of hydrogen-bond donors (Lipinski definition) is 0. The van der Waals surface area contributed by atoms with Gasteiger partial charge in [-0.3, -0.25) is 4.79 Å². The van der Waals surface area contributed by atoms with Gasteiger partial charge in [-0.25, -0.2) is 9.97 Å². The van der Waals surface area contributed by atoms with E-state index in [1.807, 2.05) is 17.0 Å². The average Bonchev–Trinajstić information content (AvgIpc) is 3.44. The highest BCUT2D eigenvalue weighted by atomic mass is 32.2. The minimum Gasteiger partial charge on any atom is -0.339 e. The van der Waals surface area contributed by atoms with E-state index in [0.29, 0.717) is 11.5 Å². The summed E-state index contributed by atoms with van der Waals surface area (Å²) in [6.45, 7) is 6.14. The van der Waals surface area contributed by atoms with Gasteiger partial charge in [0.15, 0.2) is 0 Å². The molecule has 1 aliphatic heterocycles. The lowest BCUT2D eigenvalue weighted by Gasteiger charge is -2.14.